The molecule has 1 aromatic rings. The van der Waals surface area contributed by atoms with Gasteiger partial charge in [0.15, 0.2) is 11.1 Å². The lowest BCUT2D eigenvalue weighted by atomic mass is 10.0. The van der Waals surface area contributed by atoms with E-state index in [2.05, 4.69) is 5.32 Å². The molecular formula is C12H17NO3S. The molecule has 2 N–H and O–H groups in total. The molecule has 3 fully saturated rings. The number of nitrogens with one attached hydrogen (secondary N) is 1. The van der Waals surface area contributed by atoms with Crippen molar-refractivity contribution in [3.8, 4) is 0 Å². The number of ether oxygens (including phenoxy) is 1. The number of hydrogen-bond donors (Lipinski definition) is 2. The molecule has 3 heterocycles. The van der Waals surface area contributed by atoms with Gasteiger partial charge in [-0.1, -0.05) is 17.7 Å². The maximum Gasteiger partial charge on any atom is 0.186 e. The van der Waals surface area contributed by atoms with Crippen LogP contribution < -0.4 is 5.32 Å². The van der Waals surface area contributed by atoms with E-state index in [0.29, 0.717) is 17.1 Å². The molecule has 3 atom stereocenters. The van der Waals surface area contributed by atoms with Crippen molar-refractivity contribution in [1.29, 1.82) is 0 Å². The first-order valence-corrected chi connectivity index (χ1v) is 6.79. The summed E-state index contributed by atoms with van der Waals surface area (Å²) in [4.78, 5) is 0.450. The summed E-state index contributed by atoms with van der Waals surface area (Å²) < 4.78 is 24.3. The molecule has 0 aliphatic carbocycles. The third kappa shape index (κ3) is 3.61. The maximum atomic E-state index is 10.4. The minimum atomic E-state index is -1.84. The van der Waals surface area contributed by atoms with Crippen molar-refractivity contribution in [3.63, 3.8) is 0 Å². The smallest absolute Gasteiger partial charge is 0.186 e. The molecular weight excluding hydrogens is 238 g/mol. The quantitative estimate of drug-likeness (QED) is 0.743. The average Bonchev–Trinajstić information content (AvgIpc) is 2.30. The van der Waals surface area contributed by atoms with Crippen LogP contribution in [-0.2, 0) is 15.8 Å². The van der Waals surface area contributed by atoms with Gasteiger partial charge in [-0.2, -0.15) is 0 Å². The molecule has 3 saturated heterocycles. The van der Waals surface area contributed by atoms with Crippen LogP contribution in [0.25, 0.3) is 0 Å². The molecule has 0 aromatic heterocycles. The number of benzene rings is 1. The maximum absolute atomic E-state index is 10.4. The van der Waals surface area contributed by atoms with Crippen LogP contribution in [0.15, 0.2) is 29.2 Å². The van der Waals surface area contributed by atoms with Crippen molar-refractivity contribution in [2.24, 2.45) is 0 Å². The van der Waals surface area contributed by atoms with E-state index in [1.807, 2.05) is 19.1 Å². The van der Waals surface area contributed by atoms with E-state index in [1.54, 1.807) is 12.1 Å². The van der Waals surface area contributed by atoms with Gasteiger partial charge >= 0.3 is 0 Å². The Morgan fingerprint density at radius 1 is 1.29 bits per heavy atom. The standard InChI is InChI=1S/C7H8O2S.C5H9NO/c1-6-2-4-7(5-3-6)10(8)9;1-4-2-6-3-5(1)7-4/h2-5H,1H3,(H,8,9);4-6H,1-3H2. The van der Waals surface area contributed by atoms with Crippen LogP contribution >= 0.6 is 0 Å². The number of fused-ring (bicyclic) bond motifs is 2. The number of morpholine rings is 1. The second kappa shape index (κ2) is 5.73. The van der Waals surface area contributed by atoms with Gasteiger partial charge in [-0.25, -0.2) is 4.21 Å². The highest BCUT2D eigenvalue weighted by atomic mass is 32.2. The molecule has 0 saturated carbocycles. The molecule has 0 spiro atoms. The summed E-state index contributed by atoms with van der Waals surface area (Å²) in [5, 5.41) is 3.26. The van der Waals surface area contributed by atoms with Gasteiger partial charge in [0.05, 0.1) is 17.1 Å². The van der Waals surface area contributed by atoms with Crippen molar-refractivity contribution in [2.75, 3.05) is 13.1 Å². The monoisotopic (exact) mass is 255 g/mol. The average molecular weight is 255 g/mol. The number of hydrogen-bond acceptors (Lipinski definition) is 3. The van der Waals surface area contributed by atoms with E-state index in [-0.39, 0.29) is 0 Å². The Kier molecular flexibility index (Phi) is 4.28. The van der Waals surface area contributed by atoms with Crippen LogP contribution in [0, 0.1) is 6.92 Å². The van der Waals surface area contributed by atoms with Crippen LogP contribution in [0.1, 0.15) is 12.0 Å². The molecule has 94 valence electrons. The van der Waals surface area contributed by atoms with E-state index in [4.69, 9.17) is 9.29 Å². The van der Waals surface area contributed by atoms with Crippen molar-refractivity contribution in [1.82, 2.24) is 5.32 Å². The van der Waals surface area contributed by atoms with E-state index in [9.17, 15) is 4.21 Å². The van der Waals surface area contributed by atoms with E-state index >= 15 is 0 Å². The van der Waals surface area contributed by atoms with E-state index in [1.165, 1.54) is 6.42 Å². The van der Waals surface area contributed by atoms with Crippen LogP contribution in [0.2, 0.25) is 0 Å². The van der Waals surface area contributed by atoms with Gasteiger partial charge in [-0.15, -0.1) is 0 Å². The minimum Gasteiger partial charge on any atom is -0.372 e. The molecule has 3 aliphatic rings. The highest BCUT2D eigenvalue weighted by molar-refractivity contribution is 7.79. The normalized spacial score (nSPS) is 27.4. The SMILES string of the molecule is C1NCC2CC1O2.Cc1ccc(S(=O)O)cc1. The highest BCUT2D eigenvalue weighted by Crippen LogP contribution is 2.22. The van der Waals surface area contributed by atoms with E-state index < -0.39 is 11.1 Å². The zero-order valence-corrected chi connectivity index (χ0v) is 10.6. The zero-order chi connectivity index (χ0) is 12.3. The van der Waals surface area contributed by atoms with Gasteiger partial charge in [-0.05, 0) is 19.1 Å². The van der Waals surface area contributed by atoms with Crippen molar-refractivity contribution in [2.45, 2.75) is 30.4 Å². The Morgan fingerprint density at radius 3 is 2.12 bits per heavy atom. The molecule has 0 amide bonds. The lowest BCUT2D eigenvalue weighted by molar-refractivity contribution is -0.143. The van der Waals surface area contributed by atoms with Crippen LogP contribution in [-0.4, -0.2) is 34.1 Å². The number of aryl methyl sites for hydroxylation is 1. The van der Waals surface area contributed by atoms with Gasteiger partial charge in [0.2, 0.25) is 0 Å². The topological polar surface area (TPSA) is 58.6 Å². The van der Waals surface area contributed by atoms with Gasteiger partial charge in [-0.3, -0.25) is 0 Å². The summed E-state index contributed by atoms with van der Waals surface area (Å²) in [7, 11) is 0. The van der Waals surface area contributed by atoms with Gasteiger partial charge in [0, 0.05) is 19.5 Å². The summed E-state index contributed by atoms with van der Waals surface area (Å²) in [6.45, 7) is 4.09. The number of rotatable bonds is 1. The summed E-state index contributed by atoms with van der Waals surface area (Å²) in [5.41, 5.74) is 1.09. The predicted molar refractivity (Wildman–Crippen MR) is 66.4 cm³/mol. The summed E-state index contributed by atoms with van der Waals surface area (Å²) in [6, 6.07) is 6.91. The molecule has 1 aromatic carbocycles. The van der Waals surface area contributed by atoms with Gasteiger partial charge < -0.3 is 14.6 Å². The molecule has 4 rings (SSSR count). The van der Waals surface area contributed by atoms with Gasteiger partial charge in [0.1, 0.15) is 0 Å². The Balaban J connectivity index is 0.000000134. The zero-order valence-electron chi connectivity index (χ0n) is 9.76. The second-order valence-corrected chi connectivity index (χ2v) is 5.31. The lowest BCUT2D eigenvalue weighted by Gasteiger charge is -2.41. The van der Waals surface area contributed by atoms with Crippen LogP contribution in [0.4, 0.5) is 0 Å². The highest BCUT2D eigenvalue weighted by Gasteiger charge is 2.33. The molecule has 2 bridgehead atoms. The molecule has 0 radical (unpaired) electrons. The Morgan fingerprint density at radius 2 is 1.82 bits per heavy atom. The predicted octanol–water partition coefficient (Wildman–Crippen LogP) is 1.32. The second-order valence-electron chi connectivity index (χ2n) is 4.34. The minimum absolute atomic E-state index is 0.450. The third-order valence-electron chi connectivity index (χ3n) is 2.88. The third-order valence-corrected chi connectivity index (χ3v) is 3.55. The Hall–Kier alpha value is -0.750. The fourth-order valence-corrected chi connectivity index (χ4v) is 2.25. The van der Waals surface area contributed by atoms with E-state index in [0.717, 1.165) is 18.7 Å². The molecule has 17 heavy (non-hydrogen) atoms. The van der Waals surface area contributed by atoms with Crippen molar-refractivity contribution < 1.29 is 13.5 Å². The first-order valence-electron chi connectivity index (χ1n) is 5.69. The summed E-state index contributed by atoms with van der Waals surface area (Å²) in [5.74, 6) is 0. The number of piperidine rings is 1. The molecule has 4 nitrogen and oxygen atoms in total. The lowest BCUT2D eigenvalue weighted by Crippen LogP contribution is -2.55. The summed E-state index contributed by atoms with van der Waals surface area (Å²) in [6.07, 6.45) is 2.44. The molecule has 5 heteroatoms. The largest absolute Gasteiger partial charge is 0.372 e. The fraction of sp³-hybridized carbons (Fsp3) is 0.500. The summed E-state index contributed by atoms with van der Waals surface area (Å²) >= 11 is -1.84. The Bertz CT molecular complexity index is 374. The molecule has 3 aliphatic heterocycles. The van der Waals surface area contributed by atoms with Crippen LogP contribution in [0.3, 0.4) is 0 Å². The Labute approximate surface area is 104 Å². The van der Waals surface area contributed by atoms with Crippen molar-refractivity contribution >= 4 is 11.1 Å². The first kappa shape index (κ1) is 12.7. The first-order chi connectivity index (χ1) is 8.15. The van der Waals surface area contributed by atoms with Gasteiger partial charge in [0.25, 0.3) is 0 Å². The molecule has 3 unspecified atom stereocenters. The van der Waals surface area contributed by atoms with Crippen molar-refractivity contribution in [3.05, 3.63) is 29.8 Å². The fourth-order valence-electron chi connectivity index (χ4n) is 1.88. The van der Waals surface area contributed by atoms with Crippen LogP contribution in [0.5, 0.6) is 0 Å².